The molecular weight excluding hydrogens is 244 g/mol. The van der Waals surface area contributed by atoms with Gasteiger partial charge in [-0.2, -0.15) is 5.10 Å². The van der Waals surface area contributed by atoms with Gasteiger partial charge in [0.25, 0.3) is 0 Å². The molecule has 2 aromatic heterocycles. The Morgan fingerprint density at radius 1 is 1.42 bits per heavy atom. The highest BCUT2D eigenvalue weighted by atomic mass is 16.4. The van der Waals surface area contributed by atoms with Crippen LogP contribution < -0.4 is 0 Å². The fraction of sp³-hybridized carbons (Fsp3) is 0.154. The van der Waals surface area contributed by atoms with Gasteiger partial charge in [0.2, 0.25) is 0 Å². The van der Waals surface area contributed by atoms with Gasteiger partial charge in [0.05, 0.1) is 35.7 Å². The quantitative estimate of drug-likeness (QED) is 0.771. The van der Waals surface area contributed by atoms with Crippen molar-refractivity contribution in [2.45, 2.75) is 6.54 Å². The summed E-state index contributed by atoms with van der Waals surface area (Å²) in [5.41, 5.74) is 2.90. The molecule has 0 aliphatic carbocycles. The molecule has 0 radical (unpaired) electrons. The van der Waals surface area contributed by atoms with Gasteiger partial charge in [0, 0.05) is 18.8 Å². The lowest BCUT2D eigenvalue weighted by molar-refractivity contribution is 0.0697. The predicted molar refractivity (Wildman–Crippen MR) is 69.0 cm³/mol. The Morgan fingerprint density at radius 2 is 2.26 bits per heavy atom. The molecule has 0 atom stereocenters. The van der Waals surface area contributed by atoms with Gasteiger partial charge in [-0.3, -0.25) is 4.68 Å². The average molecular weight is 256 g/mol. The number of nitrogens with zero attached hydrogens (tertiary/aromatic N) is 4. The van der Waals surface area contributed by atoms with Gasteiger partial charge >= 0.3 is 5.97 Å². The van der Waals surface area contributed by atoms with E-state index in [0.29, 0.717) is 6.54 Å². The van der Waals surface area contributed by atoms with Gasteiger partial charge in [-0.05, 0) is 18.2 Å². The Balaban J connectivity index is 2.03. The van der Waals surface area contributed by atoms with Crippen LogP contribution in [0.25, 0.3) is 11.0 Å². The number of aryl methyl sites for hydroxylation is 1. The molecule has 0 aliphatic heterocycles. The fourth-order valence-corrected chi connectivity index (χ4v) is 2.07. The van der Waals surface area contributed by atoms with Crippen molar-refractivity contribution in [2.24, 2.45) is 7.05 Å². The molecule has 0 amide bonds. The summed E-state index contributed by atoms with van der Waals surface area (Å²) < 4.78 is 3.65. The van der Waals surface area contributed by atoms with Crippen LogP contribution in [0.15, 0.2) is 36.9 Å². The molecule has 0 saturated heterocycles. The molecule has 1 aromatic carbocycles. The highest BCUT2D eigenvalue weighted by molar-refractivity contribution is 5.92. The minimum atomic E-state index is -0.934. The Morgan fingerprint density at radius 3 is 2.95 bits per heavy atom. The minimum Gasteiger partial charge on any atom is -0.478 e. The number of rotatable bonds is 3. The second-order valence-corrected chi connectivity index (χ2v) is 4.40. The van der Waals surface area contributed by atoms with Crippen LogP contribution in [-0.2, 0) is 13.6 Å². The number of hydrogen-bond donors (Lipinski definition) is 1. The van der Waals surface area contributed by atoms with Crippen LogP contribution in [0.3, 0.4) is 0 Å². The molecule has 0 spiro atoms. The third-order valence-electron chi connectivity index (χ3n) is 2.98. The van der Waals surface area contributed by atoms with Crippen molar-refractivity contribution < 1.29 is 9.90 Å². The summed E-state index contributed by atoms with van der Waals surface area (Å²) in [6.07, 6.45) is 5.42. The first-order valence-electron chi connectivity index (χ1n) is 5.79. The van der Waals surface area contributed by atoms with Gasteiger partial charge < -0.3 is 9.67 Å². The normalized spacial score (nSPS) is 11.0. The lowest BCUT2D eigenvalue weighted by atomic mass is 10.2. The smallest absolute Gasteiger partial charge is 0.335 e. The van der Waals surface area contributed by atoms with Crippen molar-refractivity contribution >= 4 is 17.0 Å². The van der Waals surface area contributed by atoms with E-state index >= 15 is 0 Å². The zero-order valence-corrected chi connectivity index (χ0v) is 10.3. The van der Waals surface area contributed by atoms with E-state index in [-0.39, 0.29) is 5.56 Å². The number of hydrogen-bond acceptors (Lipinski definition) is 3. The predicted octanol–water partition coefficient (Wildman–Crippen LogP) is 1.52. The van der Waals surface area contributed by atoms with E-state index in [0.717, 1.165) is 16.6 Å². The molecule has 0 fully saturated rings. The van der Waals surface area contributed by atoms with Crippen molar-refractivity contribution in [1.29, 1.82) is 0 Å². The molecule has 1 N–H and O–H groups in total. The van der Waals surface area contributed by atoms with Crippen LogP contribution in [0, 0.1) is 0 Å². The second-order valence-electron chi connectivity index (χ2n) is 4.40. The van der Waals surface area contributed by atoms with Crippen molar-refractivity contribution in [3.05, 3.63) is 48.0 Å². The van der Waals surface area contributed by atoms with E-state index in [1.807, 2.05) is 17.8 Å². The lowest BCUT2D eigenvalue weighted by Crippen LogP contribution is -1.99. The maximum atomic E-state index is 11.0. The number of imidazole rings is 1. The number of carboxylic acids is 1. The fourth-order valence-electron chi connectivity index (χ4n) is 2.07. The highest BCUT2D eigenvalue weighted by Gasteiger charge is 2.08. The number of benzene rings is 1. The summed E-state index contributed by atoms with van der Waals surface area (Å²) in [7, 11) is 1.86. The maximum absolute atomic E-state index is 11.0. The van der Waals surface area contributed by atoms with Crippen molar-refractivity contribution in [1.82, 2.24) is 19.3 Å². The van der Waals surface area contributed by atoms with Crippen LogP contribution in [0.2, 0.25) is 0 Å². The zero-order chi connectivity index (χ0) is 13.4. The van der Waals surface area contributed by atoms with Crippen LogP contribution in [-0.4, -0.2) is 30.4 Å². The van der Waals surface area contributed by atoms with E-state index in [1.165, 1.54) is 0 Å². The maximum Gasteiger partial charge on any atom is 0.335 e. The molecule has 96 valence electrons. The first-order chi connectivity index (χ1) is 9.13. The van der Waals surface area contributed by atoms with Gasteiger partial charge in [-0.25, -0.2) is 9.78 Å². The molecule has 6 nitrogen and oxygen atoms in total. The molecule has 0 aliphatic rings. The molecule has 2 heterocycles. The van der Waals surface area contributed by atoms with Crippen molar-refractivity contribution in [2.75, 3.05) is 0 Å². The SMILES string of the molecule is Cn1cc(Cn2cnc3ccc(C(=O)O)cc32)cn1. The standard InChI is InChI=1S/C13H12N4O2/c1-16-6-9(5-15-16)7-17-8-14-11-3-2-10(13(18)19)4-12(11)17/h2-6,8H,7H2,1H3,(H,18,19). The number of aromatic nitrogens is 4. The van der Waals surface area contributed by atoms with E-state index in [4.69, 9.17) is 5.11 Å². The molecule has 0 unspecified atom stereocenters. The Kier molecular flexibility index (Phi) is 2.56. The van der Waals surface area contributed by atoms with E-state index in [1.54, 1.807) is 35.4 Å². The third-order valence-corrected chi connectivity index (χ3v) is 2.98. The molecule has 3 rings (SSSR count). The largest absolute Gasteiger partial charge is 0.478 e. The second kappa shape index (κ2) is 4.24. The summed E-state index contributed by atoms with van der Waals surface area (Å²) in [5.74, 6) is -0.934. The molecular formula is C13H12N4O2. The lowest BCUT2D eigenvalue weighted by Gasteiger charge is -2.02. The molecule has 3 aromatic rings. The topological polar surface area (TPSA) is 72.9 Å². The number of aromatic carboxylic acids is 1. The van der Waals surface area contributed by atoms with Gasteiger partial charge in [-0.1, -0.05) is 0 Å². The average Bonchev–Trinajstić information content (AvgIpc) is 2.96. The van der Waals surface area contributed by atoms with Crippen molar-refractivity contribution in [3.63, 3.8) is 0 Å². The Hall–Kier alpha value is -2.63. The number of carboxylic acid groups (broad SMARTS) is 1. The summed E-state index contributed by atoms with van der Waals surface area (Å²) in [4.78, 5) is 15.3. The van der Waals surface area contributed by atoms with Crippen LogP contribution >= 0.6 is 0 Å². The first kappa shape index (κ1) is 11.5. The van der Waals surface area contributed by atoms with E-state index in [2.05, 4.69) is 10.1 Å². The van der Waals surface area contributed by atoms with Gasteiger partial charge in [0.15, 0.2) is 0 Å². The summed E-state index contributed by atoms with van der Waals surface area (Å²) >= 11 is 0. The van der Waals surface area contributed by atoms with Crippen LogP contribution in [0.4, 0.5) is 0 Å². The van der Waals surface area contributed by atoms with Gasteiger partial charge in [-0.15, -0.1) is 0 Å². The highest BCUT2D eigenvalue weighted by Crippen LogP contribution is 2.16. The summed E-state index contributed by atoms with van der Waals surface area (Å²) in [6.45, 7) is 0.618. The molecule has 19 heavy (non-hydrogen) atoms. The molecule has 6 heteroatoms. The summed E-state index contributed by atoms with van der Waals surface area (Å²) in [6, 6.07) is 4.92. The van der Waals surface area contributed by atoms with Crippen LogP contribution in [0.1, 0.15) is 15.9 Å². The Bertz CT molecular complexity index is 757. The Labute approximate surface area is 108 Å². The van der Waals surface area contributed by atoms with Gasteiger partial charge in [0.1, 0.15) is 0 Å². The minimum absolute atomic E-state index is 0.264. The van der Waals surface area contributed by atoms with E-state index < -0.39 is 5.97 Å². The third kappa shape index (κ3) is 2.08. The summed E-state index contributed by atoms with van der Waals surface area (Å²) in [5, 5.41) is 13.1. The first-order valence-corrected chi connectivity index (χ1v) is 5.79. The number of fused-ring (bicyclic) bond motifs is 1. The monoisotopic (exact) mass is 256 g/mol. The van der Waals surface area contributed by atoms with E-state index in [9.17, 15) is 4.79 Å². The van der Waals surface area contributed by atoms with Crippen LogP contribution in [0.5, 0.6) is 0 Å². The van der Waals surface area contributed by atoms with Crippen molar-refractivity contribution in [3.8, 4) is 0 Å². The number of carbonyl (C=O) groups is 1. The molecule has 0 bridgehead atoms. The molecule has 0 saturated carbocycles. The zero-order valence-electron chi connectivity index (χ0n) is 10.3.